The minimum Gasteiger partial charge on any atom is -0.170 e. The van der Waals surface area contributed by atoms with Crippen molar-refractivity contribution in [2.45, 2.75) is 0 Å². The lowest BCUT2D eigenvalue weighted by Gasteiger charge is -1.87. The normalized spacial score (nSPS) is 10.0. The minimum absolute atomic E-state index is 0.708. The van der Waals surface area contributed by atoms with Gasteiger partial charge in [0.2, 0.25) is 6.19 Å². The van der Waals surface area contributed by atoms with Crippen LogP contribution in [-0.2, 0) is 0 Å². The van der Waals surface area contributed by atoms with E-state index in [1.807, 2.05) is 30.5 Å². The Balaban J connectivity index is 2.94. The van der Waals surface area contributed by atoms with Gasteiger partial charge in [0.15, 0.2) is 0 Å². The van der Waals surface area contributed by atoms with Crippen LogP contribution >= 0.6 is 15.9 Å². The Hall–Kier alpha value is -1.34. The summed E-state index contributed by atoms with van der Waals surface area (Å²) in [4.78, 5) is 0. The fourth-order valence-corrected chi connectivity index (χ4v) is 1.60. The second-order valence-corrected chi connectivity index (χ2v) is 3.07. The molecule has 0 atom stereocenters. The van der Waals surface area contributed by atoms with E-state index >= 15 is 0 Å². The summed E-state index contributed by atoms with van der Waals surface area (Å²) in [6.07, 6.45) is 1.97. The number of benzene rings is 1. The van der Waals surface area contributed by atoms with Gasteiger partial charge < -0.3 is 0 Å². The second-order valence-electron chi connectivity index (χ2n) is 2.32. The fourth-order valence-electron chi connectivity index (χ4n) is 1.10. The van der Waals surface area contributed by atoms with Gasteiger partial charge in [-0.25, -0.2) is 0 Å². The number of fused-ring (bicyclic) bond motifs is 1. The van der Waals surface area contributed by atoms with Crippen molar-refractivity contribution in [2.24, 2.45) is 0 Å². The minimum atomic E-state index is 0.708. The van der Waals surface area contributed by atoms with Crippen molar-refractivity contribution in [1.82, 2.24) is 9.78 Å². The molecule has 0 amide bonds. The van der Waals surface area contributed by atoms with Crippen molar-refractivity contribution in [1.29, 1.82) is 5.26 Å². The van der Waals surface area contributed by atoms with E-state index in [0.29, 0.717) is 4.60 Å². The summed E-state index contributed by atoms with van der Waals surface area (Å²) >= 11 is 3.28. The van der Waals surface area contributed by atoms with Crippen LogP contribution in [0.2, 0.25) is 0 Å². The lowest BCUT2D eigenvalue weighted by atomic mass is 10.3. The maximum Gasteiger partial charge on any atom is 0.206 e. The van der Waals surface area contributed by atoms with Crippen molar-refractivity contribution in [2.75, 3.05) is 0 Å². The lowest BCUT2D eigenvalue weighted by Crippen LogP contribution is -1.88. The maximum atomic E-state index is 8.68. The summed E-state index contributed by atoms with van der Waals surface area (Å²) in [5.41, 5.74) is 0.826. The van der Waals surface area contributed by atoms with Gasteiger partial charge in [0.05, 0.1) is 5.52 Å². The first-order valence-corrected chi connectivity index (χ1v) is 4.15. The Morgan fingerprint density at radius 1 is 1.42 bits per heavy atom. The van der Waals surface area contributed by atoms with Crippen LogP contribution in [0.3, 0.4) is 0 Å². The molecule has 2 rings (SSSR count). The van der Waals surface area contributed by atoms with Crippen LogP contribution in [0.15, 0.2) is 28.9 Å². The predicted molar refractivity (Wildman–Crippen MR) is 48.4 cm³/mol. The van der Waals surface area contributed by atoms with Gasteiger partial charge in [0.25, 0.3) is 0 Å². The number of para-hydroxylation sites is 1. The molecular weight excluding hydrogens is 218 g/mol. The van der Waals surface area contributed by atoms with Gasteiger partial charge in [-0.05, 0) is 28.1 Å². The van der Waals surface area contributed by atoms with E-state index in [2.05, 4.69) is 21.0 Å². The van der Waals surface area contributed by atoms with E-state index in [4.69, 9.17) is 5.26 Å². The van der Waals surface area contributed by atoms with Crippen molar-refractivity contribution in [3.63, 3.8) is 0 Å². The van der Waals surface area contributed by atoms with Gasteiger partial charge >= 0.3 is 0 Å². The molecule has 1 aromatic heterocycles. The molecular formula is C8H4BrN3. The van der Waals surface area contributed by atoms with Crippen LogP contribution < -0.4 is 0 Å². The molecule has 0 aliphatic rings. The van der Waals surface area contributed by atoms with Gasteiger partial charge in [-0.1, -0.05) is 12.1 Å². The molecule has 12 heavy (non-hydrogen) atoms. The molecule has 0 spiro atoms. The topological polar surface area (TPSA) is 41.6 Å². The van der Waals surface area contributed by atoms with Crippen LogP contribution in [0.5, 0.6) is 0 Å². The lowest BCUT2D eigenvalue weighted by molar-refractivity contribution is 0.915. The Kier molecular flexibility index (Phi) is 1.59. The van der Waals surface area contributed by atoms with Crippen LogP contribution in [0.25, 0.3) is 10.9 Å². The first-order chi connectivity index (χ1) is 5.83. The highest BCUT2D eigenvalue weighted by atomic mass is 79.9. The zero-order chi connectivity index (χ0) is 8.55. The molecule has 3 nitrogen and oxygen atoms in total. The summed E-state index contributed by atoms with van der Waals surface area (Å²) in [6, 6.07) is 7.57. The van der Waals surface area contributed by atoms with Gasteiger partial charge in [-0.2, -0.15) is 15.0 Å². The summed E-state index contributed by atoms with van der Waals surface area (Å²) in [7, 11) is 0. The van der Waals surface area contributed by atoms with Crippen LogP contribution in [0.4, 0.5) is 0 Å². The Bertz CT molecular complexity index is 467. The van der Waals surface area contributed by atoms with Gasteiger partial charge in [0.1, 0.15) is 4.60 Å². The number of halogens is 1. The molecule has 1 heterocycles. The smallest absolute Gasteiger partial charge is 0.170 e. The highest BCUT2D eigenvalue weighted by Gasteiger charge is 2.05. The third kappa shape index (κ3) is 0.908. The quantitative estimate of drug-likeness (QED) is 0.685. The van der Waals surface area contributed by atoms with Crippen molar-refractivity contribution in [3.05, 3.63) is 28.9 Å². The number of hydrogen-bond donors (Lipinski definition) is 0. The Labute approximate surface area is 77.3 Å². The van der Waals surface area contributed by atoms with E-state index in [1.54, 1.807) is 0 Å². The molecule has 58 valence electrons. The Morgan fingerprint density at radius 2 is 2.17 bits per heavy atom. The predicted octanol–water partition coefficient (Wildman–Crippen LogP) is 2.13. The van der Waals surface area contributed by atoms with Crippen LogP contribution in [-0.4, -0.2) is 9.78 Å². The number of hydrogen-bond acceptors (Lipinski definition) is 2. The molecule has 1 aromatic carbocycles. The number of nitriles is 1. The van der Waals surface area contributed by atoms with E-state index in [0.717, 1.165) is 10.9 Å². The molecule has 0 saturated heterocycles. The molecule has 0 N–H and O–H groups in total. The standard InChI is InChI=1S/C8H4BrN3/c9-8-6-3-1-2-4-7(6)12(5-10)11-8/h1-4H. The molecule has 4 heteroatoms. The number of rotatable bonds is 0. The third-order valence-corrected chi connectivity index (χ3v) is 2.22. The average molecular weight is 222 g/mol. The van der Waals surface area contributed by atoms with E-state index in [1.165, 1.54) is 4.68 Å². The third-order valence-electron chi connectivity index (χ3n) is 1.64. The highest BCUT2D eigenvalue weighted by molar-refractivity contribution is 9.10. The van der Waals surface area contributed by atoms with E-state index in [-0.39, 0.29) is 0 Å². The van der Waals surface area contributed by atoms with Gasteiger partial charge in [0, 0.05) is 5.39 Å². The van der Waals surface area contributed by atoms with E-state index in [9.17, 15) is 0 Å². The van der Waals surface area contributed by atoms with Crippen LogP contribution in [0.1, 0.15) is 0 Å². The van der Waals surface area contributed by atoms with Crippen molar-refractivity contribution >= 4 is 26.8 Å². The SMILES string of the molecule is N#Cn1nc(Br)c2ccccc21. The molecule has 0 aliphatic heterocycles. The molecule has 0 bridgehead atoms. The monoisotopic (exact) mass is 221 g/mol. The summed E-state index contributed by atoms with van der Waals surface area (Å²) in [6.45, 7) is 0. The van der Waals surface area contributed by atoms with Crippen molar-refractivity contribution in [3.8, 4) is 6.19 Å². The highest BCUT2D eigenvalue weighted by Crippen LogP contribution is 2.21. The number of aromatic nitrogens is 2. The van der Waals surface area contributed by atoms with Crippen molar-refractivity contribution < 1.29 is 0 Å². The molecule has 0 radical (unpaired) electrons. The second kappa shape index (κ2) is 2.61. The molecule has 0 fully saturated rings. The number of nitrogens with zero attached hydrogens (tertiary/aromatic N) is 3. The Morgan fingerprint density at radius 3 is 2.92 bits per heavy atom. The first kappa shape index (κ1) is 7.32. The van der Waals surface area contributed by atoms with Gasteiger partial charge in [-0.3, -0.25) is 0 Å². The molecule has 0 aliphatic carbocycles. The largest absolute Gasteiger partial charge is 0.206 e. The average Bonchev–Trinajstić information content (AvgIpc) is 2.44. The van der Waals surface area contributed by atoms with Gasteiger partial charge in [-0.15, -0.1) is 0 Å². The van der Waals surface area contributed by atoms with E-state index < -0.39 is 0 Å². The van der Waals surface area contributed by atoms with Crippen LogP contribution in [0, 0.1) is 11.5 Å². The summed E-state index contributed by atoms with van der Waals surface area (Å²) in [5.74, 6) is 0. The maximum absolute atomic E-state index is 8.68. The zero-order valence-corrected chi connectivity index (χ0v) is 7.62. The summed E-state index contributed by atoms with van der Waals surface area (Å²) in [5, 5.41) is 13.6. The summed E-state index contributed by atoms with van der Waals surface area (Å²) < 4.78 is 2.00. The molecule has 0 unspecified atom stereocenters. The fraction of sp³-hybridized carbons (Fsp3) is 0. The molecule has 0 saturated carbocycles. The molecule has 2 aromatic rings. The zero-order valence-electron chi connectivity index (χ0n) is 6.03. The first-order valence-electron chi connectivity index (χ1n) is 3.36.